The van der Waals surface area contributed by atoms with Gasteiger partial charge in [-0.2, -0.15) is 4.98 Å². The predicted octanol–water partition coefficient (Wildman–Crippen LogP) is -0.227. The fourth-order valence-corrected chi connectivity index (χ4v) is 0.974. The SMILES string of the molecule is NCc1noc(Cn2ccnc2)n1. The summed E-state index contributed by atoms with van der Waals surface area (Å²) in [6, 6.07) is 0. The third-order valence-corrected chi connectivity index (χ3v) is 1.57. The summed E-state index contributed by atoms with van der Waals surface area (Å²) in [5.41, 5.74) is 5.33. The fraction of sp³-hybridized carbons (Fsp3) is 0.286. The molecule has 6 nitrogen and oxygen atoms in total. The van der Waals surface area contributed by atoms with Crippen molar-refractivity contribution in [3.8, 4) is 0 Å². The zero-order valence-electron chi connectivity index (χ0n) is 6.92. The Labute approximate surface area is 74.4 Å². The van der Waals surface area contributed by atoms with Gasteiger partial charge in [0.25, 0.3) is 0 Å². The Kier molecular flexibility index (Phi) is 2.05. The minimum atomic E-state index is 0.299. The molecule has 0 aliphatic carbocycles. The molecule has 0 unspecified atom stereocenters. The fourth-order valence-electron chi connectivity index (χ4n) is 0.974. The third kappa shape index (κ3) is 1.73. The van der Waals surface area contributed by atoms with Crippen LogP contribution in [0.25, 0.3) is 0 Å². The summed E-state index contributed by atoms with van der Waals surface area (Å²) in [7, 11) is 0. The lowest BCUT2D eigenvalue weighted by Crippen LogP contribution is -2.00. The molecule has 0 fully saturated rings. The van der Waals surface area contributed by atoms with Crippen LogP contribution in [0, 0.1) is 0 Å². The van der Waals surface area contributed by atoms with Crippen molar-refractivity contribution < 1.29 is 4.52 Å². The normalized spacial score (nSPS) is 10.5. The van der Waals surface area contributed by atoms with Gasteiger partial charge >= 0.3 is 0 Å². The second-order valence-electron chi connectivity index (χ2n) is 2.54. The van der Waals surface area contributed by atoms with E-state index in [-0.39, 0.29) is 0 Å². The van der Waals surface area contributed by atoms with E-state index in [2.05, 4.69) is 15.1 Å². The summed E-state index contributed by atoms with van der Waals surface area (Å²) in [6.07, 6.45) is 5.21. The van der Waals surface area contributed by atoms with Gasteiger partial charge in [-0.1, -0.05) is 5.16 Å². The van der Waals surface area contributed by atoms with Crippen LogP contribution in [-0.2, 0) is 13.1 Å². The van der Waals surface area contributed by atoms with Crippen LogP contribution in [0.15, 0.2) is 23.2 Å². The predicted molar refractivity (Wildman–Crippen MR) is 43.5 cm³/mol. The van der Waals surface area contributed by atoms with Gasteiger partial charge in [0, 0.05) is 12.4 Å². The molecule has 0 aliphatic rings. The van der Waals surface area contributed by atoms with Gasteiger partial charge in [-0.25, -0.2) is 4.98 Å². The quantitative estimate of drug-likeness (QED) is 0.703. The highest BCUT2D eigenvalue weighted by molar-refractivity contribution is 4.87. The van der Waals surface area contributed by atoms with Crippen molar-refractivity contribution in [1.29, 1.82) is 0 Å². The first-order valence-corrected chi connectivity index (χ1v) is 3.86. The van der Waals surface area contributed by atoms with Crippen LogP contribution in [-0.4, -0.2) is 19.7 Å². The third-order valence-electron chi connectivity index (χ3n) is 1.57. The highest BCUT2D eigenvalue weighted by atomic mass is 16.5. The van der Waals surface area contributed by atoms with Gasteiger partial charge in [-0.05, 0) is 0 Å². The van der Waals surface area contributed by atoms with Crippen molar-refractivity contribution in [2.45, 2.75) is 13.1 Å². The first-order chi connectivity index (χ1) is 6.38. The zero-order chi connectivity index (χ0) is 9.10. The second-order valence-corrected chi connectivity index (χ2v) is 2.54. The minimum Gasteiger partial charge on any atom is -0.337 e. The lowest BCUT2D eigenvalue weighted by molar-refractivity contribution is 0.366. The molecule has 0 radical (unpaired) electrons. The largest absolute Gasteiger partial charge is 0.337 e. The first-order valence-electron chi connectivity index (χ1n) is 3.86. The molecule has 2 aromatic heterocycles. The van der Waals surface area contributed by atoms with Gasteiger partial charge in [0.15, 0.2) is 5.82 Å². The molecule has 0 bridgehead atoms. The molecule has 2 heterocycles. The van der Waals surface area contributed by atoms with E-state index in [9.17, 15) is 0 Å². The topological polar surface area (TPSA) is 82.8 Å². The molecule has 2 rings (SSSR count). The van der Waals surface area contributed by atoms with Crippen molar-refractivity contribution >= 4 is 0 Å². The monoisotopic (exact) mass is 179 g/mol. The van der Waals surface area contributed by atoms with Crippen molar-refractivity contribution in [2.75, 3.05) is 0 Å². The van der Waals surface area contributed by atoms with Gasteiger partial charge in [-0.3, -0.25) is 0 Å². The lowest BCUT2D eigenvalue weighted by Gasteiger charge is -1.93. The van der Waals surface area contributed by atoms with E-state index in [4.69, 9.17) is 10.3 Å². The molecule has 0 amide bonds. The van der Waals surface area contributed by atoms with Crippen LogP contribution in [0.5, 0.6) is 0 Å². The Hall–Kier alpha value is -1.69. The molecular formula is C7H9N5O. The second kappa shape index (κ2) is 3.36. The first kappa shape index (κ1) is 7.93. The van der Waals surface area contributed by atoms with E-state index in [1.165, 1.54) is 0 Å². The minimum absolute atomic E-state index is 0.299. The summed E-state index contributed by atoms with van der Waals surface area (Å²) < 4.78 is 6.78. The Balaban J connectivity index is 2.10. The molecule has 0 saturated carbocycles. The summed E-state index contributed by atoms with van der Waals surface area (Å²) in [5.74, 6) is 1.06. The van der Waals surface area contributed by atoms with E-state index >= 15 is 0 Å². The summed E-state index contributed by atoms with van der Waals surface area (Å²) in [5, 5.41) is 3.67. The van der Waals surface area contributed by atoms with Crippen molar-refractivity contribution in [1.82, 2.24) is 19.7 Å². The van der Waals surface area contributed by atoms with Gasteiger partial charge in [0.05, 0.1) is 12.9 Å². The van der Waals surface area contributed by atoms with Crippen LogP contribution in [0.3, 0.4) is 0 Å². The number of nitrogens with zero attached hydrogens (tertiary/aromatic N) is 4. The van der Waals surface area contributed by atoms with Gasteiger partial charge in [0.2, 0.25) is 5.89 Å². The number of imidazole rings is 1. The molecule has 2 aromatic rings. The average Bonchev–Trinajstić information content (AvgIpc) is 2.76. The highest BCUT2D eigenvalue weighted by Gasteiger charge is 2.04. The molecule has 0 atom stereocenters. The average molecular weight is 179 g/mol. The van der Waals surface area contributed by atoms with E-state index in [1.54, 1.807) is 12.5 Å². The van der Waals surface area contributed by atoms with Crippen LogP contribution in [0.1, 0.15) is 11.7 Å². The number of aromatic nitrogens is 4. The van der Waals surface area contributed by atoms with Crippen LogP contribution in [0.4, 0.5) is 0 Å². The molecule has 6 heteroatoms. The maximum atomic E-state index is 5.33. The molecule has 2 N–H and O–H groups in total. The maximum absolute atomic E-state index is 5.33. The van der Waals surface area contributed by atoms with Crippen molar-refractivity contribution in [2.24, 2.45) is 5.73 Å². The molecular weight excluding hydrogens is 170 g/mol. The standard InChI is InChI=1S/C7H9N5O/c8-3-6-10-7(13-11-6)4-12-2-1-9-5-12/h1-2,5H,3-4,8H2. The Morgan fingerprint density at radius 1 is 1.54 bits per heavy atom. The summed E-state index contributed by atoms with van der Waals surface area (Å²) in [6.45, 7) is 0.834. The number of rotatable bonds is 3. The Morgan fingerprint density at radius 3 is 3.08 bits per heavy atom. The number of hydrogen-bond acceptors (Lipinski definition) is 5. The summed E-state index contributed by atoms with van der Waals surface area (Å²) >= 11 is 0. The van der Waals surface area contributed by atoms with Crippen molar-refractivity contribution in [3.63, 3.8) is 0 Å². The lowest BCUT2D eigenvalue weighted by atomic mass is 10.6. The van der Waals surface area contributed by atoms with Crippen LogP contribution >= 0.6 is 0 Å². The molecule has 0 spiro atoms. The molecule has 68 valence electrons. The Morgan fingerprint density at radius 2 is 2.46 bits per heavy atom. The number of nitrogens with two attached hydrogens (primary N) is 1. The molecule has 13 heavy (non-hydrogen) atoms. The smallest absolute Gasteiger partial charge is 0.246 e. The molecule has 0 aliphatic heterocycles. The summed E-state index contributed by atoms with van der Waals surface area (Å²) in [4.78, 5) is 7.95. The maximum Gasteiger partial charge on any atom is 0.246 e. The van der Waals surface area contributed by atoms with Crippen LogP contribution < -0.4 is 5.73 Å². The Bertz CT molecular complexity index is 366. The van der Waals surface area contributed by atoms with E-state index in [1.807, 2.05) is 10.8 Å². The van der Waals surface area contributed by atoms with Crippen molar-refractivity contribution in [3.05, 3.63) is 30.4 Å². The molecule has 0 saturated heterocycles. The highest BCUT2D eigenvalue weighted by Crippen LogP contribution is 1.99. The van der Waals surface area contributed by atoms with Crippen LogP contribution in [0.2, 0.25) is 0 Å². The zero-order valence-corrected chi connectivity index (χ0v) is 6.92. The van der Waals surface area contributed by atoms with Gasteiger partial charge in [0.1, 0.15) is 6.54 Å². The molecule has 0 aromatic carbocycles. The number of hydrogen-bond donors (Lipinski definition) is 1. The van der Waals surface area contributed by atoms with Gasteiger partial charge in [-0.15, -0.1) is 0 Å². The van der Waals surface area contributed by atoms with E-state index < -0.39 is 0 Å². The van der Waals surface area contributed by atoms with E-state index in [0.29, 0.717) is 24.8 Å². The van der Waals surface area contributed by atoms with Gasteiger partial charge < -0.3 is 14.8 Å². The van der Waals surface area contributed by atoms with E-state index in [0.717, 1.165) is 0 Å².